The van der Waals surface area contributed by atoms with Gasteiger partial charge in [-0.1, -0.05) is 99.3 Å². The highest BCUT2D eigenvalue weighted by atomic mass is 28.3. The van der Waals surface area contributed by atoms with Crippen molar-refractivity contribution < 1.29 is 13.3 Å². The van der Waals surface area contributed by atoms with E-state index in [0.717, 1.165) is 57.8 Å². The fraction of sp³-hybridized carbons (Fsp3) is 1.00. The first kappa shape index (κ1) is 28.1. The lowest BCUT2D eigenvalue weighted by Crippen LogP contribution is -2.39. The molecule has 0 fully saturated rings. The molecule has 0 aliphatic carbocycles. The standard InChI is InChI=1S/C24H52O3Si/c1-7-13-19-22(16-10-4)25-28(26-23(17-11-5)20-14-8-2)27-24(18-12-6)21-15-9-3/h22-24,28H,7-21H2,1-6H3. The second-order valence-electron chi connectivity index (χ2n) is 8.36. The van der Waals surface area contributed by atoms with Crippen molar-refractivity contribution >= 4 is 9.53 Å². The third-order valence-corrected chi connectivity index (χ3v) is 7.20. The van der Waals surface area contributed by atoms with Crippen LogP contribution in [0.5, 0.6) is 0 Å². The average Bonchev–Trinajstić information content (AvgIpc) is 2.68. The van der Waals surface area contributed by atoms with Gasteiger partial charge in [-0.15, -0.1) is 0 Å². The highest BCUT2D eigenvalue weighted by Gasteiger charge is 2.27. The molecule has 0 aliphatic rings. The van der Waals surface area contributed by atoms with Gasteiger partial charge in [-0.3, -0.25) is 0 Å². The number of hydrogen-bond acceptors (Lipinski definition) is 3. The summed E-state index contributed by atoms with van der Waals surface area (Å²) in [6.45, 7) is 13.5. The summed E-state index contributed by atoms with van der Waals surface area (Å²) in [4.78, 5) is 0. The smallest absolute Gasteiger partial charge is 0.373 e. The maximum atomic E-state index is 6.60. The van der Waals surface area contributed by atoms with Crippen LogP contribution in [0.25, 0.3) is 0 Å². The highest BCUT2D eigenvalue weighted by molar-refractivity contribution is 6.36. The molecule has 170 valence electrons. The van der Waals surface area contributed by atoms with E-state index >= 15 is 0 Å². The van der Waals surface area contributed by atoms with E-state index in [2.05, 4.69) is 41.5 Å². The van der Waals surface area contributed by atoms with E-state index in [4.69, 9.17) is 13.3 Å². The van der Waals surface area contributed by atoms with Crippen molar-refractivity contribution in [1.82, 2.24) is 0 Å². The zero-order valence-electron chi connectivity index (χ0n) is 20.1. The van der Waals surface area contributed by atoms with Crippen LogP contribution in [-0.2, 0) is 13.3 Å². The zero-order valence-corrected chi connectivity index (χ0v) is 21.3. The first-order valence-electron chi connectivity index (χ1n) is 12.6. The Labute approximate surface area is 179 Å². The third-order valence-electron chi connectivity index (χ3n) is 5.38. The fourth-order valence-electron chi connectivity index (χ4n) is 3.67. The molecule has 0 spiro atoms. The Hall–Kier alpha value is 0.0969. The van der Waals surface area contributed by atoms with Crippen molar-refractivity contribution in [3.8, 4) is 0 Å². The predicted octanol–water partition coefficient (Wildman–Crippen LogP) is 7.83. The van der Waals surface area contributed by atoms with Gasteiger partial charge in [-0.2, -0.15) is 0 Å². The van der Waals surface area contributed by atoms with Crippen LogP contribution >= 0.6 is 0 Å². The number of unbranched alkanes of at least 4 members (excludes halogenated alkanes) is 3. The molecule has 0 saturated carbocycles. The van der Waals surface area contributed by atoms with Gasteiger partial charge in [0.05, 0.1) is 0 Å². The first-order valence-corrected chi connectivity index (χ1v) is 14.0. The zero-order chi connectivity index (χ0) is 21.0. The maximum Gasteiger partial charge on any atom is 0.484 e. The Balaban J connectivity index is 5.10. The number of hydrogen-bond donors (Lipinski definition) is 0. The monoisotopic (exact) mass is 416 g/mol. The quantitative estimate of drug-likeness (QED) is 0.178. The summed E-state index contributed by atoms with van der Waals surface area (Å²) in [6.07, 6.45) is 18.6. The number of rotatable bonds is 21. The van der Waals surface area contributed by atoms with Crippen LogP contribution in [0.2, 0.25) is 0 Å². The summed E-state index contributed by atoms with van der Waals surface area (Å²) in [5, 5.41) is 0. The molecule has 3 nitrogen and oxygen atoms in total. The molecule has 0 aromatic carbocycles. The molecular weight excluding hydrogens is 364 g/mol. The second kappa shape index (κ2) is 20.4. The van der Waals surface area contributed by atoms with Crippen molar-refractivity contribution in [2.24, 2.45) is 0 Å². The molecule has 0 aromatic heterocycles. The van der Waals surface area contributed by atoms with Gasteiger partial charge in [0.15, 0.2) is 0 Å². The Morgan fingerprint density at radius 1 is 0.429 bits per heavy atom. The third kappa shape index (κ3) is 15.0. The normalized spacial score (nSPS) is 16.1. The van der Waals surface area contributed by atoms with Gasteiger partial charge in [0.25, 0.3) is 0 Å². The molecule has 0 amide bonds. The summed E-state index contributed by atoms with van der Waals surface area (Å²) in [7, 11) is -2.13. The van der Waals surface area contributed by atoms with E-state index in [1.165, 1.54) is 38.5 Å². The van der Waals surface area contributed by atoms with Crippen molar-refractivity contribution in [3.05, 3.63) is 0 Å². The summed E-state index contributed by atoms with van der Waals surface area (Å²) in [6, 6.07) is 0. The second-order valence-corrected chi connectivity index (χ2v) is 9.75. The van der Waals surface area contributed by atoms with E-state index in [9.17, 15) is 0 Å². The highest BCUT2D eigenvalue weighted by Crippen LogP contribution is 2.21. The van der Waals surface area contributed by atoms with E-state index < -0.39 is 9.53 Å². The van der Waals surface area contributed by atoms with Crippen molar-refractivity contribution in [3.63, 3.8) is 0 Å². The summed E-state index contributed by atoms with van der Waals surface area (Å²) in [5.41, 5.74) is 0. The molecule has 28 heavy (non-hydrogen) atoms. The van der Waals surface area contributed by atoms with Gasteiger partial charge in [-0.25, -0.2) is 0 Å². The van der Waals surface area contributed by atoms with Crippen LogP contribution in [0.15, 0.2) is 0 Å². The topological polar surface area (TPSA) is 27.7 Å². The first-order chi connectivity index (χ1) is 13.6. The molecular formula is C24H52O3Si. The van der Waals surface area contributed by atoms with Crippen LogP contribution in [0.1, 0.15) is 138 Å². The van der Waals surface area contributed by atoms with E-state index in [1.807, 2.05) is 0 Å². The molecule has 0 saturated heterocycles. The molecule has 0 N–H and O–H groups in total. The van der Waals surface area contributed by atoms with Crippen LogP contribution in [0.4, 0.5) is 0 Å². The molecule has 0 rings (SSSR count). The molecule has 3 unspecified atom stereocenters. The van der Waals surface area contributed by atoms with E-state index in [-0.39, 0.29) is 0 Å². The van der Waals surface area contributed by atoms with Crippen molar-refractivity contribution in [2.75, 3.05) is 0 Å². The molecule has 0 aliphatic heterocycles. The molecule has 3 atom stereocenters. The fourth-order valence-corrected chi connectivity index (χ4v) is 5.62. The van der Waals surface area contributed by atoms with Gasteiger partial charge >= 0.3 is 9.53 Å². The minimum absolute atomic E-state index is 0.309. The Bertz CT molecular complexity index is 267. The van der Waals surface area contributed by atoms with Crippen LogP contribution in [0, 0.1) is 0 Å². The largest absolute Gasteiger partial charge is 0.484 e. The molecule has 0 aromatic rings. The maximum absolute atomic E-state index is 6.60. The predicted molar refractivity (Wildman–Crippen MR) is 125 cm³/mol. The van der Waals surface area contributed by atoms with Gasteiger partial charge in [0.2, 0.25) is 0 Å². The lowest BCUT2D eigenvalue weighted by atomic mass is 10.1. The summed E-state index contributed by atoms with van der Waals surface area (Å²) >= 11 is 0. The Morgan fingerprint density at radius 3 is 0.929 bits per heavy atom. The molecule has 4 heteroatoms. The molecule has 0 heterocycles. The minimum Gasteiger partial charge on any atom is -0.373 e. The Kier molecular flexibility index (Phi) is 20.4. The van der Waals surface area contributed by atoms with Crippen LogP contribution in [-0.4, -0.2) is 27.8 Å². The summed E-state index contributed by atoms with van der Waals surface area (Å²) in [5.74, 6) is 0. The van der Waals surface area contributed by atoms with Crippen LogP contribution < -0.4 is 0 Å². The van der Waals surface area contributed by atoms with Gasteiger partial charge < -0.3 is 13.3 Å². The van der Waals surface area contributed by atoms with E-state index in [0.29, 0.717) is 18.3 Å². The minimum atomic E-state index is -2.13. The average molecular weight is 417 g/mol. The van der Waals surface area contributed by atoms with Crippen molar-refractivity contribution in [2.45, 2.75) is 156 Å². The van der Waals surface area contributed by atoms with Gasteiger partial charge in [0, 0.05) is 18.3 Å². The summed E-state index contributed by atoms with van der Waals surface area (Å²) < 4.78 is 19.8. The molecule has 0 radical (unpaired) electrons. The van der Waals surface area contributed by atoms with Gasteiger partial charge in [0.1, 0.15) is 0 Å². The molecule has 0 bridgehead atoms. The SMILES string of the molecule is CCCCC(CCC)O[SiH](OC(CCC)CCCC)OC(CCC)CCCC. The van der Waals surface area contributed by atoms with Crippen LogP contribution in [0.3, 0.4) is 0 Å². The Morgan fingerprint density at radius 2 is 0.714 bits per heavy atom. The van der Waals surface area contributed by atoms with Gasteiger partial charge in [-0.05, 0) is 38.5 Å². The van der Waals surface area contributed by atoms with E-state index in [1.54, 1.807) is 0 Å². The lowest BCUT2D eigenvalue weighted by molar-refractivity contribution is -0.00516. The lowest BCUT2D eigenvalue weighted by Gasteiger charge is -2.30. The van der Waals surface area contributed by atoms with Crippen molar-refractivity contribution in [1.29, 1.82) is 0 Å².